The van der Waals surface area contributed by atoms with Crippen molar-refractivity contribution in [2.24, 2.45) is 0 Å². The number of hydrogen-bond donors (Lipinski definition) is 1. The minimum absolute atomic E-state index is 0.745. The summed E-state index contributed by atoms with van der Waals surface area (Å²) < 4.78 is 1.70. The fourth-order valence-corrected chi connectivity index (χ4v) is 2.62. The maximum Gasteiger partial charge on any atom is 0.158 e. The molecule has 13 heavy (non-hydrogen) atoms. The Kier molecular flexibility index (Phi) is 1.32. The molecule has 1 aliphatic rings. The zero-order valence-electron chi connectivity index (χ0n) is 6.90. The first kappa shape index (κ1) is 7.20. The third-order valence-corrected chi connectivity index (χ3v) is 3.24. The molecule has 2 N–H and O–H groups in total. The maximum absolute atomic E-state index is 5.96. The van der Waals surface area contributed by atoms with Crippen LogP contribution in [0.3, 0.4) is 0 Å². The van der Waals surface area contributed by atoms with E-state index in [1.165, 1.54) is 0 Å². The molecule has 3 heterocycles. The van der Waals surface area contributed by atoms with Crippen molar-refractivity contribution in [3.8, 4) is 0 Å². The van der Waals surface area contributed by atoms with Crippen molar-refractivity contribution in [2.45, 2.75) is 11.4 Å². The molecule has 1 aliphatic heterocycles. The minimum atomic E-state index is 0.745. The Morgan fingerprint density at radius 1 is 1.54 bits per heavy atom. The first-order chi connectivity index (χ1) is 6.36. The van der Waals surface area contributed by atoms with E-state index in [1.807, 2.05) is 6.07 Å². The Labute approximate surface area is 79.1 Å². The van der Waals surface area contributed by atoms with E-state index in [4.69, 9.17) is 5.73 Å². The Bertz CT molecular complexity index is 476. The molecule has 0 amide bonds. The second-order valence-corrected chi connectivity index (χ2v) is 4.06. The molecule has 0 spiro atoms. The van der Waals surface area contributed by atoms with E-state index in [9.17, 15) is 0 Å². The zero-order chi connectivity index (χ0) is 8.84. The molecule has 0 fully saturated rings. The lowest BCUT2D eigenvalue weighted by Crippen LogP contribution is -2.04. The molecule has 66 valence electrons. The molecule has 2 aromatic heterocycles. The van der Waals surface area contributed by atoms with Crippen LogP contribution >= 0.6 is 11.8 Å². The van der Waals surface area contributed by atoms with Crippen molar-refractivity contribution < 1.29 is 0 Å². The number of hydrogen-bond acceptors (Lipinski definition) is 4. The largest absolute Gasteiger partial charge is 0.383 e. The summed E-state index contributed by atoms with van der Waals surface area (Å²) in [5.41, 5.74) is 7.95. The summed E-state index contributed by atoms with van der Waals surface area (Å²) >= 11 is 1.77. The van der Waals surface area contributed by atoms with Crippen molar-refractivity contribution in [2.75, 3.05) is 11.5 Å². The van der Waals surface area contributed by atoms with E-state index in [2.05, 4.69) is 10.1 Å². The summed E-state index contributed by atoms with van der Waals surface area (Å²) in [5, 5.41) is 5.19. The van der Waals surface area contributed by atoms with E-state index in [0.717, 1.165) is 34.2 Å². The SMILES string of the molecule is Nc1c2c(nc3ccnn13)SCC2. The lowest BCUT2D eigenvalue weighted by Gasteiger charge is -2.03. The van der Waals surface area contributed by atoms with Gasteiger partial charge < -0.3 is 5.73 Å². The lowest BCUT2D eigenvalue weighted by atomic mass is 10.2. The normalized spacial score (nSPS) is 15.1. The van der Waals surface area contributed by atoms with Crippen molar-refractivity contribution >= 4 is 23.2 Å². The second-order valence-electron chi connectivity index (χ2n) is 2.98. The average Bonchev–Trinajstić information content (AvgIpc) is 2.71. The lowest BCUT2D eigenvalue weighted by molar-refractivity contribution is 0.901. The Balaban J connectivity index is 2.45. The molecule has 0 atom stereocenters. The number of nitrogens with two attached hydrogens (primary N) is 1. The van der Waals surface area contributed by atoms with Crippen LogP contribution in [-0.4, -0.2) is 20.4 Å². The average molecular weight is 192 g/mol. The van der Waals surface area contributed by atoms with E-state index in [0.29, 0.717) is 0 Å². The van der Waals surface area contributed by atoms with Crippen LogP contribution in [0.4, 0.5) is 5.82 Å². The third-order valence-electron chi connectivity index (χ3n) is 2.23. The zero-order valence-corrected chi connectivity index (χ0v) is 7.71. The standard InChI is InChI=1S/C8H8N4S/c9-7-5-2-4-13-8(5)11-6-1-3-10-12(6)7/h1,3H,2,4,9H2. The molecule has 0 saturated heterocycles. The number of rotatable bonds is 0. The number of nitrogen functional groups attached to an aromatic ring is 1. The number of nitrogens with zero attached hydrogens (tertiary/aromatic N) is 3. The van der Waals surface area contributed by atoms with Gasteiger partial charge in [-0.3, -0.25) is 0 Å². The molecular formula is C8H8N4S. The smallest absolute Gasteiger partial charge is 0.158 e. The fraction of sp³-hybridized carbons (Fsp3) is 0.250. The first-order valence-electron chi connectivity index (χ1n) is 4.11. The number of fused-ring (bicyclic) bond motifs is 2. The van der Waals surface area contributed by atoms with Crippen molar-refractivity contribution in [3.05, 3.63) is 17.8 Å². The monoisotopic (exact) mass is 192 g/mol. The molecule has 0 radical (unpaired) electrons. The number of thioether (sulfide) groups is 1. The summed E-state index contributed by atoms with van der Waals surface area (Å²) in [7, 11) is 0. The van der Waals surface area contributed by atoms with Crippen molar-refractivity contribution in [1.82, 2.24) is 14.6 Å². The molecule has 0 aliphatic carbocycles. The summed E-state index contributed by atoms with van der Waals surface area (Å²) in [6.07, 6.45) is 2.73. The number of aromatic nitrogens is 3. The van der Waals surface area contributed by atoms with E-state index in [-0.39, 0.29) is 0 Å². The van der Waals surface area contributed by atoms with Gasteiger partial charge in [-0.2, -0.15) is 9.61 Å². The van der Waals surface area contributed by atoms with Gasteiger partial charge in [0.2, 0.25) is 0 Å². The van der Waals surface area contributed by atoms with E-state index < -0.39 is 0 Å². The van der Waals surface area contributed by atoms with E-state index in [1.54, 1.807) is 22.5 Å². The van der Waals surface area contributed by atoms with Crippen LogP contribution in [0.5, 0.6) is 0 Å². The summed E-state index contributed by atoms with van der Waals surface area (Å²) in [6, 6.07) is 1.87. The highest BCUT2D eigenvalue weighted by atomic mass is 32.2. The number of anilines is 1. The minimum Gasteiger partial charge on any atom is -0.383 e. The van der Waals surface area contributed by atoms with Crippen LogP contribution in [0.1, 0.15) is 5.56 Å². The maximum atomic E-state index is 5.96. The Morgan fingerprint density at radius 3 is 3.38 bits per heavy atom. The highest BCUT2D eigenvalue weighted by Gasteiger charge is 2.18. The van der Waals surface area contributed by atoms with Gasteiger partial charge in [0.25, 0.3) is 0 Å². The van der Waals surface area contributed by atoms with Gasteiger partial charge in [-0.25, -0.2) is 4.98 Å². The summed E-state index contributed by atoms with van der Waals surface area (Å²) in [4.78, 5) is 4.46. The summed E-state index contributed by atoms with van der Waals surface area (Å²) in [6.45, 7) is 0. The molecule has 5 heteroatoms. The molecule has 0 aromatic carbocycles. The van der Waals surface area contributed by atoms with Crippen molar-refractivity contribution in [3.63, 3.8) is 0 Å². The fourth-order valence-electron chi connectivity index (χ4n) is 1.58. The predicted molar refractivity (Wildman–Crippen MR) is 51.8 cm³/mol. The predicted octanol–water partition coefficient (Wildman–Crippen LogP) is 0.960. The molecule has 4 nitrogen and oxygen atoms in total. The van der Waals surface area contributed by atoms with Crippen LogP contribution in [-0.2, 0) is 6.42 Å². The molecule has 0 saturated carbocycles. The van der Waals surface area contributed by atoms with Gasteiger partial charge in [0, 0.05) is 17.4 Å². The molecule has 0 bridgehead atoms. The molecule has 3 rings (SSSR count). The van der Waals surface area contributed by atoms with Crippen LogP contribution in [0, 0.1) is 0 Å². The van der Waals surface area contributed by atoms with Gasteiger partial charge in [-0.1, -0.05) is 0 Å². The van der Waals surface area contributed by atoms with Gasteiger partial charge in [0.15, 0.2) is 5.65 Å². The first-order valence-corrected chi connectivity index (χ1v) is 5.10. The van der Waals surface area contributed by atoms with Gasteiger partial charge in [-0.05, 0) is 6.42 Å². The highest BCUT2D eigenvalue weighted by Crippen LogP contribution is 2.33. The Morgan fingerprint density at radius 2 is 2.46 bits per heavy atom. The van der Waals surface area contributed by atoms with Gasteiger partial charge >= 0.3 is 0 Å². The van der Waals surface area contributed by atoms with Gasteiger partial charge in [0.05, 0.1) is 6.20 Å². The molecule has 2 aromatic rings. The quantitative estimate of drug-likeness (QED) is 0.632. The van der Waals surface area contributed by atoms with Crippen LogP contribution in [0.15, 0.2) is 17.3 Å². The Hall–Kier alpha value is -1.23. The highest BCUT2D eigenvalue weighted by molar-refractivity contribution is 7.99. The van der Waals surface area contributed by atoms with Crippen LogP contribution in [0.2, 0.25) is 0 Å². The summed E-state index contributed by atoms with van der Waals surface area (Å²) in [5.74, 6) is 1.83. The van der Waals surface area contributed by atoms with E-state index >= 15 is 0 Å². The molecular weight excluding hydrogens is 184 g/mol. The topological polar surface area (TPSA) is 56.2 Å². The van der Waals surface area contributed by atoms with Gasteiger partial charge in [0.1, 0.15) is 10.8 Å². The second kappa shape index (κ2) is 2.38. The van der Waals surface area contributed by atoms with Gasteiger partial charge in [-0.15, -0.1) is 11.8 Å². The van der Waals surface area contributed by atoms with Crippen molar-refractivity contribution in [1.29, 1.82) is 0 Å². The molecule has 0 unspecified atom stereocenters. The van der Waals surface area contributed by atoms with Crippen LogP contribution < -0.4 is 5.73 Å². The third kappa shape index (κ3) is 0.875. The van der Waals surface area contributed by atoms with Crippen LogP contribution in [0.25, 0.3) is 5.65 Å².